The first-order chi connectivity index (χ1) is 18.0. The Morgan fingerprint density at radius 2 is 1.11 bits per heavy atom. The molecule has 4 aromatic carbocycles. The minimum atomic E-state index is -0.171. The van der Waals surface area contributed by atoms with E-state index in [4.69, 9.17) is 23.2 Å². The number of ketones is 2. The van der Waals surface area contributed by atoms with Crippen molar-refractivity contribution in [3.63, 3.8) is 0 Å². The molecule has 4 nitrogen and oxygen atoms in total. The number of fused-ring (bicyclic) bond motifs is 3. The zero-order valence-corrected chi connectivity index (χ0v) is 20.9. The van der Waals surface area contributed by atoms with Gasteiger partial charge in [0.15, 0.2) is 11.6 Å². The summed E-state index contributed by atoms with van der Waals surface area (Å²) in [6.45, 7) is 0. The van der Waals surface area contributed by atoms with Crippen molar-refractivity contribution in [1.29, 1.82) is 0 Å². The minimum Gasteiger partial charge on any atom is -0.292 e. The van der Waals surface area contributed by atoms with Crippen molar-refractivity contribution in [2.24, 2.45) is 0 Å². The van der Waals surface area contributed by atoms with E-state index < -0.39 is 0 Å². The number of carbonyl (C=O) groups is 2. The van der Waals surface area contributed by atoms with Crippen LogP contribution in [0.4, 0.5) is 0 Å². The van der Waals surface area contributed by atoms with Crippen LogP contribution in [0.25, 0.3) is 27.6 Å². The van der Waals surface area contributed by atoms with Crippen LogP contribution >= 0.6 is 23.2 Å². The first-order valence-electron chi connectivity index (χ1n) is 11.6. The maximum Gasteiger partial charge on any atom is 0.195 e. The molecular formula is C31H18Cl2N2O2. The normalized spacial score (nSPS) is 11.2. The van der Waals surface area contributed by atoms with Gasteiger partial charge in [-0.1, -0.05) is 77.8 Å². The SMILES string of the molecule is O=C(c1cccc(Cl)c1)c1cccc2c3cccc(C(=O)c4cccc(Cl)c4)c3n(-c3ccccn3)c12. The van der Waals surface area contributed by atoms with Crippen molar-refractivity contribution in [2.45, 2.75) is 0 Å². The van der Waals surface area contributed by atoms with E-state index in [1.165, 1.54) is 0 Å². The van der Waals surface area contributed by atoms with Crippen molar-refractivity contribution in [1.82, 2.24) is 9.55 Å². The Hall–Kier alpha value is -4.25. The van der Waals surface area contributed by atoms with E-state index >= 15 is 0 Å². The molecule has 0 amide bonds. The quantitative estimate of drug-likeness (QED) is 0.216. The molecule has 0 saturated carbocycles. The van der Waals surface area contributed by atoms with Crippen LogP contribution in [0.15, 0.2) is 109 Å². The second-order valence-corrected chi connectivity index (χ2v) is 9.48. The number of hydrogen-bond acceptors (Lipinski definition) is 3. The van der Waals surface area contributed by atoms with Gasteiger partial charge in [0.25, 0.3) is 0 Å². The molecule has 0 unspecified atom stereocenters. The number of halogens is 2. The number of hydrogen-bond donors (Lipinski definition) is 0. The molecule has 2 aromatic heterocycles. The first-order valence-corrected chi connectivity index (χ1v) is 12.4. The Balaban J connectivity index is 1.71. The molecule has 6 heteroatoms. The summed E-state index contributed by atoms with van der Waals surface area (Å²) in [4.78, 5) is 32.1. The number of pyridine rings is 1. The van der Waals surface area contributed by atoms with Gasteiger partial charge < -0.3 is 0 Å². The Morgan fingerprint density at radius 1 is 0.595 bits per heavy atom. The highest BCUT2D eigenvalue weighted by Gasteiger charge is 2.24. The van der Waals surface area contributed by atoms with Gasteiger partial charge in [0.1, 0.15) is 5.82 Å². The van der Waals surface area contributed by atoms with E-state index in [2.05, 4.69) is 4.98 Å². The summed E-state index contributed by atoms with van der Waals surface area (Å²) in [6, 6.07) is 30.6. The van der Waals surface area contributed by atoms with Gasteiger partial charge in [0.05, 0.1) is 11.0 Å². The molecule has 0 atom stereocenters. The van der Waals surface area contributed by atoms with Crippen molar-refractivity contribution < 1.29 is 9.59 Å². The predicted octanol–water partition coefficient (Wildman–Crippen LogP) is 7.95. The third-order valence-corrected chi connectivity index (χ3v) is 6.82. The molecule has 0 fully saturated rings. The van der Waals surface area contributed by atoms with Crippen molar-refractivity contribution in [3.05, 3.63) is 142 Å². The van der Waals surface area contributed by atoms with Gasteiger partial charge in [0, 0.05) is 49.3 Å². The predicted molar refractivity (Wildman–Crippen MR) is 148 cm³/mol. The van der Waals surface area contributed by atoms with Gasteiger partial charge in [-0.05, 0) is 48.5 Å². The van der Waals surface area contributed by atoms with Crippen molar-refractivity contribution >= 4 is 56.6 Å². The second-order valence-electron chi connectivity index (χ2n) is 8.61. The van der Waals surface area contributed by atoms with E-state index in [-0.39, 0.29) is 11.6 Å². The standard InChI is InChI=1S/C31H18Cl2N2O2/c32-21-9-3-7-19(17-21)30(36)25-13-5-11-23-24-12-6-14-26(31(37)20-8-4-10-22(33)18-20)29(24)35(28(23)25)27-15-1-2-16-34-27/h1-18H. The first kappa shape index (κ1) is 23.2. The number of nitrogens with zero attached hydrogens (tertiary/aromatic N) is 2. The maximum absolute atomic E-state index is 13.8. The molecule has 0 radical (unpaired) electrons. The fraction of sp³-hybridized carbons (Fsp3) is 0. The van der Waals surface area contributed by atoms with Crippen LogP contribution in [0.5, 0.6) is 0 Å². The van der Waals surface area contributed by atoms with Gasteiger partial charge in [-0.3, -0.25) is 14.2 Å². The zero-order chi connectivity index (χ0) is 25.5. The lowest BCUT2D eigenvalue weighted by molar-refractivity contribution is 0.103. The van der Waals surface area contributed by atoms with E-state index in [9.17, 15) is 9.59 Å². The summed E-state index contributed by atoms with van der Waals surface area (Å²) in [5.74, 6) is 0.256. The average molecular weight is 521 g/mol. The summed E-state index contributed by atoms with van der Waals surface area (Å²) in [7, 11) is 0. The fourth-order valence-corrected chi connectivity index (χ4v) is 5.15. The van der Waals surface area contributed by atoms with Crippen LogP contribution in [0.2, 0.25) is 10.0 Å². The smallest absolute Gasteiger partial charge is 0.195 e. The second kappa shape index (κ2) is 9.32. The number of benzene rings is 4. The molecule has 0 bridgehead atoms. The number of aromatic nitrogens is 2. The molecule has 37 heavy (non-hydrogen) atoms. The van der Waals surface area contributed by atoms with E-state index in [1.54, 1.807) is 66.9 Å². The van der Waals surface area contributed by atoms with E-state index in [0.29, 0.717) is 49.2 Å². The molecule has 178 valence electrons. The lowest BCUT2D eigenvalue weighted by Crippen LogP contribution is -2.08. The molecule has 0 N–H and O–H groups in total. The van der Waals surface area contributed by atoms with Crippen LogP contribution in [0.3, 0.4) is 0 Å². The summed E-state index contributed by atoms with van der Waals surface area (Å²) >= 11 is 12.4. The average Bonchev–Trinajstić information content (AvgIpc) is 3.27. The highest BCUT2D eigenvalue weighted by atomic mass is 35.5. The highest BCUT2D eigenvalue weighted by Crippen LogP contribution is 2.37. The summed E-state index contributed by atoms with van der Waals surface area (Å²) < 4.78 is 1.90. The molecule has 0 aliphatic carbocycles. The Morgan fingerprint density at radius 3 is 1.57 bits per heavy atom. The molecular weight excluding hydrogens is 503 g/mol. The minimum absolute atomic E-state index is 0.171. The van der Waals surface area contributed by atoms with E-state index in [0.717, 1.165) is 10.8 Å². The van der Waals surface area contributed by atoms with E-state index in [1.807, 2.05) is 47.0 Å². The van der Waals surface area contributed by atoms with Crippen LogP contribution in [0.1, 0.15) is 31.8 Å². The zero-order valence-electron chi connectivity index (χ0n) is 19.4. The van der Waals surface area contributed by atoms with Crippen molar-refractivity contribution in [3.8, 4) is 5.82 Å². The summed E-state index contributed by atoms with van der Waals surface area (Å²) in [5, 5.41) is 2.65. The summed E-state index contributed by atoms with van der Waals surface area (Å²) in [5.41, 5.74) is 3.28. The van der Waals surface area contributed by atoms with Gasteiger partial charge in [-0.25, -0.2) is 4.98 Å². The summed E-state index contributed by atoms with van der Waals surface area (Å²) in [6.07, 6.45) is 1.69. The largest absolute Gasteiger partial charge is 0.292 e. The number of carbonyl (C=O) groups excluding carboxylic acids is 2. The monoisotopic (exact) mass is 520 g/mol. The number of rotatable bonds is 5. The topological polar surface area (TPSA) is 52.0 Å². The van der Waals surface area contributed by atoms with Crippen LogP contribution in [-0.2, 0) is 0 Å². The van der Waals surface area contributed by atoms with Gasteiger partial charge in [-0.15, -0.1) is 0 Å². The van der Waals surface area contributed by atoms with Gasteiger partial charge >= 0.3 is 0 Å². The van der Waals surface area contributed by atoms with Crippen LogP contribution in [0, 0.1) is 0 Å². The van der Waals surface area contributed by atoms with Crippen molar-refractivity contribution in [2.75, 3.05) is 0 Å². The molecule has 0 saturated heterocycles. The maximum atomic E-state index is 13.8. The third kappa shape index (κ3) is 4.01. The third-order valence-electron chi connectivity index (χ3n) is 6.35. The van der Waals surface area contributed by atoms with Crippen LogP contribution < -0.4 is 0 Å². The lowest BCUT2D eigenvalue weighted by atomic mass is 9.99. The molecule has 6 aromatic rings. The van der Waals surface area contributed by atoms with Gasteiger partial charge in [0.2, 0.25) is 0 Å². The fourth-order valence-electron chi connectivity index (χ4n) is 4.77. The van der Waals surface area contributed by atoms with Gasteiger partial charge in [-0.2, -0.15) is 0 Å². The lowest BCUT2D eigenvalue weighted by Gasteiger charge is -2.12. The molecule has 0 spiro atoms. The van der Waals surface area contributed by atoms with Crippen LogP contribution in [-0.4, -0.2) is 21.1 Å². The number of para-hydroxylation sites is 2. The molecule has 0 aliphatic rings. The highest BCUT2D eigenvalue weighted by molar-refractivity contribution is 6.32. The Labute approximate surface area is 222 Å². The molecule has 0 aliphatic heterocycles. The molecule has 6 rings (SSSR count). The Kier molecular flexibility index (Phi) is 5.84. The Bertz CT molecular complexity index is 1730. The molecule has 2 heterocycles.